The largest absolute Gasteiger partial charge is 0.433 e. The molecule has 3 rings (SSSR count). The number of rotatable bonds is 3. The minimum absolute atomic E-state index is 0.0327. The van der Waals surface area contributed by atoms with Crippen LogP contribution in [0.5, 0.6) is 0 Å². The van der Waals surface area contributed by atoms with Gasteiger partial charge in [-0.2, -0.15) is 0 Å². The van der Waals surface area contributed by atoms with E-state index in [1.165, 1.54) is 30.3 Å². The Morgan fingerprint density at radius 1 is 1.29 bits per heavy atom. The second kappa shape index (κ2) is 4.75. The van der Waals surface area contributed by atoms with Crippen molar-refractivity contribution in [3.63, 3.8) is 0 Å². The van der Waals surface area contributed by atoms with Crippen molar-refractivity contribution in [3.8, 4) is 22.6 Å². The summed E-state index contributed by atoms with van der Waals surface area (Å²) in [6.45, 7) is 0. The second-order valence-electron chi connectivity index (χ2n) is 4.18. The van der Waals surface area contributed by atoms with Gasteiger partial charge in [0.1, 0.15) is 10.7 Å². The van der Waals surface area contributed by atoms with E-state index in [0.717, 1.165) is 0 Å². The van der Waals surface area contributed by atoms with Crippen molar-refractivity contribution in [1.29, 1.82) is 0 Å². The number of nitrogen functional groups attached to an aromatic ring is 1. The molecular formula is C13H8FN3O4. The van der Waals surface area contributed by atoms with Crippen LogP contribution in [0.2, 0.25) is 0 Å². The number of benzene rings is 1. The fourth-order valence-electron chi connectivity index (χ4n) is 1.95. The fourth-order valence-corrected chi connectivity index (χ4v) is 1.95. The molecule has 8 heteroatoms. The lowest BCUT2D eigenvalue weighted by Gasteiger charge is -2.00. The molecular weight excluding hydrogens is 281 g/mol. The van der Waals surface area contributed by atoms with Crippen LogP contribution in [0.15, 0.2) is 45.3 Å². The standard InChI is InChI=1S/C13H8FN3O4/c14-8-3-1-2-7(6-8)11-12(16-21-13(11)15)9-4-5-10(20-9)17(18)19/h1-6H,15H2. The highest BCUT2D eigenvalue weighted by Crippen LogP contribution is 2.37. The Morgan fingerprint density at radius 2 is 2.10 bits per heavy atom. The van der Waals surface area contributed by atoms with Gasteiger partial charge in [0.2, 0.25) is 5.88 Å². The van der Waals surface area contributed by atoms with E-state index in [0.29, 0.717) is 11.1 Å². The van der Waals surface area contributed by atoms with Gasteiger partial charge in [-0.3, -0.25) is 10.1 Å². The van der Waals surface area contributed by atoms with E-state index >= 15 is 0 Å². The molecule has 0 aliphatic heterocycles. The number of hydrogen-bond donors (Lipinski definition) is 1. The highest BCUT2D eigenvalue weighted by atomic mass is 19.1. The summed E-state index contributed by atoms with van der Waals surface area (Å²) in [6, 6.07) is 8.22. The topological polar surface area (TPSA) is 108 Å². The molecule has 3 aromatic rings. The van der Waals surface area contributed by atoms with Gasteiger partial charge in [0.15, 0.2) is 11.5 Å². The van der Waals surface area contributed by atoms with Gasteiger partial charge in [-0.1, -0.05) is 17.3 Å². The Bertz CT molecular complexity index is 824. The highest BCUT2D eigenvalue weighted by molar-refractivity contribution is 5.85. The molecule has 0 spiro atoms. The summed E-state index contributed by atoms with van der Waals surface area (Å²) < 4.78 is 23.3. The molecule has 21 heavy (non-hydrogen) atoms. The summed E-state index contributed by atoms with van der Waals surface area (Å²) >= 11 is 0. The lowest BCUT2D eigenvalue weighted by molar-refractivity contribution is -0.401. The Hall–Kier alpha value is -3.16. The van der Waals surface area contributed by atoms with Crippen LogP contribution in [0.1, 0.15) is 0 Å². The number of furan rings is 1. The average molecular weight is 289 g/mol. The number of hydrogen-bond acceptors (Lipinski definition) is 6. The number of nitro groups is 1. The molecule has 0 bridgehead atoms. The number of anilines is 1. The van der Waals surface area contributed by atoms with Gasteiger partial charge in [-0.05, 0) is 23.8 Å². The van der Waals surface area contributed by atoms with Gasteiger partial charge < -0.3 is 14.7 Å². The summed E-state index contributed by atoms with van der Waals surface area (Å²) in [4.78, 5) is 9.97. The second-order valence-corrected chi connectivity index (χ2v) is 4.18. The van der Waals surface area contributed by atoms with E-state index in [1.807, 2.05) is 0 Å². The van der Waals surface area contributed by atoms with Crippen LogP contribution in [-0.2, 0) is 0 Å². The monoisotopic (exact) mass is 289 g/mol. The molecule has 0 saturated carbocycles. The number of halogens is 1. The van der Waals surface area contributed by atoms with Crippen molar-refractivity contribution in [2.24, 2.45) is 0 Å². The third-order valence-electron chi connectivity index (χ3n) is 2.84. The molecule has 0 atom stereocenters. The Kier molecular flexibility index (Phi) is 2.90. The lowest BCUT2D eigenvalue weighted by Crippen LogP contribution is -1.88. The van der Waals surface area contributed by atoms with E-state index in [1.54, 1.807) is 6.07 Å². The van der Waals surface area contributed by atoms with Gasteiger partial charge in [-0.25, -0.2) is 4.39 Å². The SMILES string of the molecule is Nc1onc(-c2ccc([N+](=O)[O-])o2)c1-c1cccc(F)c1. The normalized spacial score (nSPS) is 10.7. The minimum Gasteiger partial charge on any atom is -0.399 e. The quantitative estimate of drug-likeness (QED) is 0.585. The molecule has 0 fully saturated rings. The van der Waals surface area contributed by atoms with Gasteiger partial charge in [0, 0.05) is 0 Å². The van der Waals surface area contributed by atoms with Crippen molar-refractivity contribution in [3.05, 3.63) is 52.3 Å². The van der Waals surface area contributed by atoms with Crippen LogP contribution < -0.4 is 5.73 Å². The van der Waals surface area contributed by atoms with Crippen molar-refractivity contribution in [1.82, 2.24) is 5.16 Å². The number of nitrogens with zero attached hydrogens (tertiary/aromatic N) is 2. The summed E-state index contributed by atoms with van der Waals surface area (Å²) in [5, 5.41) is 14.4. The van der Waals surface area contributed by atoms with Gasteiger partial charge >= 0.3 is 5.88 Å². The van der Waals surface area contributed by atoms with Gasteiger partial charge in [-0.15, -0.1) is 0 Å². The summed E-state index contributed by atoms with van der Waals surface area (Å²) in [5.41, 5.74) is 6.62. The fraction of sp³-hybridized carbons (Fsp3) is 0. The van der Waals surface area contributed by atoms with E-state index < -0.39 is 16.6 Å². The maximum atomic E-state index is 13.3. The summed E-state index contributed by atoms with van der Waals surface area (Å²) in [7, 11) is 0. The number of aromatic nitrogens is 1. The molecule has 0 amide bonds. The Balaban J connectivity index is 2.14. The van der Waals surface area contributed by atoms with Crippen LogP contribution in [-0.4, -0.2) is 10.1 Å². The van der Waals surface area contributed by atoms with E-state index in [4.69, 9.17) is 14.7 Å². The maximum Gasteiger partial charge on any atom is 0.433 e. The third kappa shape index (κ3) is 2.22. The Labute approximate surface area is 116 Å². The van der Waals surface area contributed by atoms with Crippen LogP contribution in [0, 0.1) is 15.9 Å². The van der Waals surface area contributed by atoms with Crippen LogP contribution in [0.4, 0.5) is 16.2 Å². The smallest absolute Gasteiger partial charge is 0.399 e. The molecule has 0 radical (unpaired) electrons. The third-order valence-corrected chi connectivity index (χ3v) is 2.84. The molecule has 1 aromatic carbocycles. The molecule has 0 aliphatic carbocycles. The molecule has 2 N–H and O–H groups in total. The zero-order valence-corrected chi connectivity index (χ0v) is 10.4. The van der Waals surface area contributed by atoms with E-state index in [2.05, 4.69) is 5.16 Å². The minimum atomic E-state index is -0.672. The first-order chi connectivity index (χ1) is 10.1. The van der Waals surface area contributed by atoms with Crippen LogP contribution >= 0.6 is 0 Å². The van der Waals surface area contributed by atoms with Crippen molar-refractivity contribution >= 4 is 11.8 Å². The number of nitrogens with two attached hydrogens (primary N) is 1. The molecule has 106 valence electrons. The lowest BCUT2D eigenvalue weighted by atomic mass is 10.0. The predicted octanol–water partition coefficient (Wildman–Crippen LogP) is 3.23. The summed E-state index contributed by atoms with van der Waals surface area (Å²) in [6.07, 6.45) is 0. The van der Waals surface area contributed by atoms with Gasteiger partial charge in [0.25, 0.3) is 0 Å². The van der Waals surface area contributed by atoms with Crippen molar-refractivity contribution in [2.45, 2.75) is 0 Å². The summed E-state index contributed by atoms with van der Waals surface area (Å²) in [5.74, 6) is -0.808. The van der Waals surface area contributed by atoms with Crippen molar-refractivity contribution < 1.29 is 18.3 Å². The first-order valence-electron chi connectivity index (χ1n) is 5.82. The Morgan fingerprint density at radius 3 is 2.76 bits per heavy atom. The molecule has 2 aromatic heterocycles. The molecule has 0 unspecified atom stereocenters. The maximum absolute atomic E-state index is 13.3. The van der Waals surface area contributed by atoms with Crippen LogP contribution in [0.3, 0.4) is 0 Å². The first kappa shape index (κ1) is 12.9. The van der Waals surface area contributed by atoms with Gasteiger partial charge in [0.05, 0.1) is 11.6 Å². The zero-order valence-electron chi connectivity index (χ0n) is 10.4. The average Bonchev–Trinajstić information content (AvgIpc) is 3.05. The van der Waals surface area contributed by atoms with E-state index in [-0.39, 0.29) is 17.3 Å². The zero-order chi connectivity index (χ0) is 15.0. The molecule has 0 aliphatic rings. The highest BCUT2D eigenvalue weighted by Gasteiger charge is 2.22. The van der Waals surface area contributed by atoms with Crippen LogP contribution in [0.25, 0.3) is 22.6 Å². The van der Waals surface area contributed by atoms with E-state index in [9.17, 15) is 14.5 Å². The van der Waals surface area contributed by atoms with Crippen molar-refractivity contribution in [2.75, 3.05) is 5.73 Å². The molecule has 7 nitrogen and oxygen atoms in total. The first-order valence-corrected chi connectivity index (χ1v) is 5.82. The molecule has 2 heterocycles. The predicted molar refractivity (Wildman–Crippen MR) is 70.7 cm³/mol. The molecule has 0 saturated heterocycles.